The number of methoxy groups -OCH3 is 1. The number of aryl methyl sites for hydroxylation is 4. The van der Waals surface area contributed by atoms with Crippen LogP contribution in [0, 0.1) is 20.8 Å². The van der Waals surface area contributed by atoms with E-state index >= 15 is 0 Å². The Labute approximate surface area is 225 Å². The molecule has 0 aliphatic carbocycles. The number of rotatable bonds is 7. The summed E-state index contributed by atoms with van der Waals surface area (Å²) < 4.78 is 8.97. The molecular weight excluding hydrogens is 496 g/mol. The molecule has 3 aromatic carbocycles. The first kappa shape index (κ1) is 25.6. The lowest BCUT2D eigenvalue weighted by atomic mass is 10.1. The van der Waals surface area contributed by atoms with E-state index in [1.807, 2.05) is 80.9 Å². The topological polar surface area (TPSA) is 78.2 Å². The fraction of sp³-hybridized carbons (Fsp3) is 0.233. The normalized spacial score (nSPS) is 11.3. The molecule has 0 atom stereocenters. The Balaban J connectivity index is 1.56. The molecule has 0 aliphatic heterocycles. The molecule has 5 rings (SSSR count). The van der Waals surface area contributed by atoms with Crippen molar-refractivity contribution in [2.75, 3.05) is 18.2 Å². The van der Waals surface area contributed by atoms with Crippen molar-refractivity contribution < 1.29 is 9.53 Å². The molecule has 7 nitrogen and oxygen atoms in total. The van der Waals surface area contributed by atoms with Crippen LogP contribution in [-0.4, -0.2) is 32.9 Å². The minimum absolute atomic E-state index is 0.119. The summed E-state index contributed by atoms with van der Waals surface area (Å²) in [6, 6.07) is 19.6. The van der Waals surface area contributed by atoms with E-state index in [1.54, 1.807) is 11.7 Å². The summed E-state index contributed by atoms with van der Waals surface area (Å²) in [7, 11) is 3.49. The van der Waals surface area contributed by atoms with Gasteiger partial charge in [-0.15, -0.1) is 0 Å². The van der Waals surface area contributed by atoms with E-state index in [0.29, 0.717) is 28.5 Å². The molecule has 2 heterocycles. The Morgan fingerprint density at radius 1 is 1.03 bits per heavy atom. The molecule has 38 heavy (non-hydrogen) atoms. The SMILES string of the molecule is COc1ccc2c(c1)c1nc(SCC(=O)Nc3c(C)cc(C)cc3C)n(Cc3ccccc3)c(=O)c1n2C. The van der Waals surface area contributed by atoms with E-state index in [1.165, 1.54) is 11.8 Å². The average molecular weight is 527 g/mol. The highest BCUT2D eigenvalue weighted by Gasteiger charge is 2.20. The van der Waals surface area contributed by atoms with Crippen LogP contribution in [0.3, 0.4) is 0 Å². The number of hydrogen-bond donors (Lipinski definition) is 1. The van der Waals surface area contributed by atoms with Crippen LogP contribution in [0.2, 0.25) is 0 Å². The van der Waals surface area contributed by atoms with Gasteiger partial charge in [0.1, 0.15) is 16.8 Å². The van der Waals surface area contributed by atoms with Crippen LogP contribution in [-0.2, 0) is 18.4 Å². The van der Waals surface area contributed by atoms with Crippen molar-refractivity contribution in [1.29, 1.82) is 0 Å². The summed E-state index contributed by atoms with van der Waals surface area (Å²) in [6.07, 6.45) is 0. The van der Waals surface area contributed by atoms with Gasteiger partial charge in [0.25, 0.3) is 5.56 Å². The van der Waals surface area contributed by atoms with E-state index in [-0.39, 0.29) is 17.2 Å². The smallest absolute Gasteiger partial charge is 0.279 e. The van der Waals surface area contributed by atoms with E-state index in [9.17, 15) is 9.59 Å². The Morgan fingerprint density at radius 2 is 1.74 bits per heavy atom. The van der Waals surface area contributed by atoms with Crippen LogP contribution < -0.4 is 15.6 Å². The first-order valence-corrected chi connectivity index (χ1v) is 13.4. The molecule has 0 radical (unpaired) electrons. The number of nitrogens with zero attached hydrogens (tertiary/aromatic N) is 3. The summed E-state index contributed by atoms with van der Waals surface area (Å²) in [5.41, 5.74) is 6.86. The number of carbonyl (C=O) groups excluding carboxylic acids is 1. The molecular formula is C30H30N4O3S. The number of carbonyl (C=O) groups is 1. The van der Waals surface area contributed by atoms with Crippen molar-refractivity contribution >= 4 is 45.3 Å². The zero-order valence-corrected chi connectivity index (χ0v) is 23.0. The molecule has 5 aromatic rings. The van der Waals surface area contributed by atoms with Gasteiger partial charge in [-0.05, 0) is 55.7 Å². The number of amides is 1. The lowest BCUT2D eigenvalue weighted by Crippen LogP contribution is -2.26. The van der Waals surface area contributed by atoms with Gasteiger partial charge in [-0.25, -0.2) is 4.98 Å². The van der Waals surface area contributed by atoms with Gasteiger partial charge >= 0.3 is 0 Å². The fourth-order valence-electron chi connectivity index (χ4n) is 4.96. The number of nitrogens with one attached hydrogen (secondary N) is 1. The Hall–Kier alpha value is -4.04. The van der Waals surface area contributed by atoms with Gasteiger partial charge in [0.2, 0.25) is 5.91 Å². The quantitative estimate of drug-likeness (QED) is 0.221. The molecule has 0 saturated heterocycles. The monoisotopic (exact) mass is 526 g/mol. The molecule has 0 aliphatic rings. The van der Waals surface area contributed by atoms with Crippen LogP contribution in [0.25, 0.3) is 21.9 Å². The van der Waals surface area contributed by atoms with Gasteiger partial charge < -0.3 is 14.6 Å². The minimum Gasteiger partial charge on any atom is -0.497 e. The lowest BCUT2D eigenvalue weighted by molar-refractivity contribution is -0.113. The standard InChI is InChI=1S/C30H30N4O3S/c1-18-13-19(2)26(20(3)14-18)31-25(35)17-38-30-32-27-23-15-22(37-5)11-12-24(23)33(4)28(27)29(36)34(30)16-21-9-7-6-8-10-21/h6-15H,16-17H2,1-5H3,(H,31,35). The Morgan fingerprint density at radius 3 is 2.42 bits per heavy atom. The highest BCUT2D eigenvalue weighted by molar-refractivity contribution is 7.99. The van der Waals surface area contributed by atoms with E-state index < -0.39 is 0 Å². The van der Waals surface area contributed by atoms with Crippen LogP contribution in [0.4, 0.5) is 5.69 Å². The van der Waals surface area contributed by atoms with E-state index in [2.05, 4.69) is 17.4 Å². The predicted molar refractivity (Wildman–Crippen MR) is 155 cm³/mol. The number of aromatic nitrogens is 3. The van der Waals surface area contributed by atoms with E-state index in [0.717, 1.165) is 38.8 Å². The maximum atomic E-state index is 13.9. The summed E-state index contributed by atoms with van der Waals surface area (Å²) in [5, 5.41) is 4.38. The van der Waals surface area contributed by atoms with Crippen LogP contribution in [0.1, 0.15) is 22.3 Å². The molecule has 1 amide bonds. The Bertz CT molecular complexity index is 1720. The van der Waals surface area contributed by atoms with Crippen molar-refractivity contribution in [3.63, 3.8) is 0 Å². The molecule has 1 N–H and O–H groups in total. The van der Waals surface area contributed by atoms with Crippen molar-refractivity contribution in [3.8, 4) is 5.75 Å². The van der Waals surface area contributed by atoms with Gasteiger partial charge in [0.15, 0.2) is 5.16 Å². The van der Waals surface area contributed by atoms with Crippen LogP contribution in [0.5, 0.6) is 5.75 Å². The largest absolute Gasteiger partial charge is 0.497 e. The summed E-state index contributed by atoms with van der Waals surface area (Å²) >= 11 is 1.26. The highest BCUT2D eigenvalue weighted by Crippen LogP contribution is 2.30. The van der Waals surface area contributed by atoms with Gasteiger partial charge in [0, 0.05) is 18.1 Å². The van der Waals surface area contributed by atoms with Crippen molar-refractivity contribution in [1.82, 2.24) is 14.1 Å². The maximum absolute atomic E-state index is 13.9. The third kappa shape index (κ3) is 4.79. The van der Waals surface area contributed by atoms with Crippen LogP contribution >= 0.6 is 11.8 Å². The molecule has 0 unspecified atom stereocenters. The molecule has 194 valence electrons. The molecule has 0 bridgehead atoms. The second-order valence-corrected chi connectivity index (χ2v) is 10.5. The lowest BCUT2D eigenvalue weighted by Gasteiger charge is -2.14. The zero-order chi connectivity index (χ0) is 27.0. The first-order chi connectivity index (χ1) is 18.3. The third-order valence-electron chi connectivity index (χ3n) is 6.72. The number of anilines is 1. The molecule has 2 aromatic heterocycles. The summed E-state index contributed by atoms with van der Waals surface area (Å²) in [5.74, 6) is 0.663. The first-order valence-electron chi connectivity index (χ1n) is 12.4. The summed E-state index contributed by atoms with van der Waals surface area (Å²) in [4.78, 5) is 31.9. The molecule has 0 spiro atoms. The number of hydrogen-bond acceptors (Lipinski definition) is 5. The highest BCUT2D eigenvalue weighted by atomic mass is 32.2. The number of thioether (sulfide) groups is 1. The summed E-state index contributed by atoms with van der Waals surface area (Å²) in [6.45, 7) is 6.38. The second-order valence-electron chi connectivity index (χ2n) is 9.52. The van der Waals surface area contributed by atoms with Gasteiger partial charge in [-0.3, -0.25) is 14.2 Å². The molecule has 8 heteroatoms. The minimum atomic E-state index is -0.148. The maximum Gasteiger partial charge on any atom is 0.279 e. The molecule has 0 saturated carbocycles. The second kappa shape index (κ2) is 10.4. The zero-order valence-electron chi connectivity index (χ0n) is 22.2. The van der Waals surface area contributed by atoms with Gasteiger partial charge in [-0.2, -0.15) is 0 Å². The van der Waals surface area contributed by atoms with Crippen LogP contribution in [0.15, 0.2) is 70.6 Å². The van der Waals surface area contributed by atoms with Crippen molar-refractivity contribution in [2.45, 2.75) is 32.5 Å². The van der Waals surface area contributed by atoms with Crippen molar-refractivity contribution in [3.05, 3.63) is 93.3 Å². The number of benzene rings is 3. The number of ether oxygens (including phenoxy) is 1. The molecule has 0 fully saturated rings. The fourth-order valence-corrected chi connectivity index (χ4v) is 5.75. The van der Waals surface area contributed by atoms with Gasteiger partial charge in [0.05, 0.1) is 24.9 Å². The predicted octanol–water partition coefficient (Wildman–Crippen LogP) is 5.60. The van der Waals surface area contributed by atoms with Crippen molar-refractivity contribution in [2.24, 2.45) is 7.05 Å². The third-order valence-corrected chi connectivity index (χ3v) is 7.70. The van der Waals surface area contributed by atoms with Gasteiger partial charge in [-0.1, -0.05) is 59.8 Å². The number of fused-ring (bicyclic) bond motifs is 3. The van der Waals surface area contributed by atoms with E-state index in [4.69, 9.17) is 9.72 Å². The Kier molecular flexibility index (Phi) is 6.99. The average Bonchev–Trinajstić information content (AvgIpc) is 3.18.